The summed E-state index contributed by atoms with van der Waals surface area (Å²) in [7, 11) is 0. The molecule has 0 unspecified atom stereocenters. The van der Waals surface area contributed by atoms with Crippen molar-refractivity contribution in [2.45, 2.75) is 34.6 Å². The number of hydrogen-bond donors (Lipinski definition) is 2. The second-order valence-corrected chi connectivity index (χ2v) is 6.77. The Morgan fingerprint density at radius 3 is 2.48 bits per heavy atom. The molecule has 0 radical (unpaired) electrons. The van der Waals surface area contributed by atoms with Crippen LogP contribution in [0.25, 0.3) is 0 Å². The molecule has 1 rings (SSSR count). The minimum absolute atomic E-state index is 0.124. The third-order valence-corrected chi connectivity index (χ3v) is 2.82. The zero-order chi connectivity index (χ0) is 16.0. The highest BCUT2D eigenvalue weighted by atomic mass is 32.1. The van der Waals surface area contributed by atoms with Crippen molar-refractivity contribution in [2.75, 3.05) is 11.9 Å². The lowest BCUT2D eigenvalue weighted by Crippen LogP contribution is -2.41. The molecule has 5 heteroatoms. The third kappa shape index (κ3) is 6.12. The number of ether oxygens (including phenoxy) is 1. The molecule has 0 saturated carbocycles. The Morgan fingerprint density at radius 2 is 1.90 bits per heavy atom. The first-order chi connectivity index (χ1) is 9.70. The Balaban J connectivity index is 2.70. The molecule has 0 aliphatic carbocycles. The molecule has 1 aromatic carbocycles. The van der Waals surface area contributed by atoms with Gasteiger partial charge in [-0.3, -0.25) is 4.79 Å². The molecule has 0 heterocycles. The van der Waals surface area contributed by atoms with E-state index in [4.69, 9.17) is 17.0 Å². The molecule has 4 nitrogen and oxygen atoms in total. The van der Waals surface area contributed by atoms with Crippen LogP contribution in [0.15, 0.2) is 24.3 Å². The van der Waals surface area contributed by atoms with Gasteiger partial charge in [-0.05, 0) is 30.3 Å². The molecule has 1 amide bonds. The predicted octanol–water partition coefficient (Wildman–Crippen LogP) is 3.58. The Kier molecular flexibility index (Phi) is 6.15. The van der Waals surface area contributed by atoms with Gasteiger partial charge in [-0.2, -0.15) is 0 Å². The van der Waals surface area contributed by atoms with Gasteiger partial charge in [0.25, 0.3) is 0 Å². The van der Waals surface area contributed by atoms with Crippen LogP contribution < -0.4 is 15.4 Å². The minimum Gasteiger partial charge on any atom is -0.491 e. The Labute approximate surface area is 132 Å². The van der Waals surface area contributed by atoms with Gasteiger partial charge in [-0.1, -0.05) is 46.8 Å². The second-order valence-electron chi connectivity index (χ2n) is 6.36. The van der Waals surface area contributed by atoms with Gasteiger partial charge < -0.3 is 15.4 Å². The minimum atomic E-state index is -0.487. The summed E-state index contributed by atoms with van der Waals surface area (Å²) in [4.78, 5) is 11.9. The summed E-state index contributed by atoms with van der Waals surface area (Å²) in [5, 5.41) is 5.97. The van der Waals surface area contributed by atoms with Crippen molar-refractivity contribution in [2.24, 2.45) is 11.3 Å². The number of benzene rings is 1. The maximum Gasteiger partial charge on any atom is 0.231 e. The first kappa shape index (κ1) is 17.4. The molecule has 1 aromatic rings. The van der Waals surface area contributed by atoms with E-state index >= 15 is 0 Å². The van der Waals surface area contributed by atoms with E-state index in [2.05, 4.69) is 24.5 Å². The molecule has 0 saturated heterocycles. The number of anilines is 1. The number of carbonyl (C=O) groups is 1. The van der Waals surface area contributed by atoms with Gasteiger partial charge in [0.05, 0.1) is 12.3 Å². The largest absolute Gasteiger partial charge is 0.491 e. The monoisotopic (exact) mass is 308 g/mol. The smallest absolute Gasteiger partial charge is 0.231 e. The number of nitrogens with one attached hydrogen (secondary N) is 2. The number of hydrogen-bond acceptors (Lipinski definition) is 3. The maximum absolute atomic E-state index is 11.9. The number of carbonyl (C=O) groups excluding carboxylic acids is 1. The van der Waals surface area contributed by atoms with Crippen LogP contribution in [-0.2, 0) is 4.79 Å². The average molecular weight is 308 g/mol. The molecule has 21 heavy (non-hydrogen) atoms. The van der Waals surface area contributed by atoms with E-state index in [1.165, 1.54) is 0 Å². The van der Waals surface area contributed by atoms with Crippen molar-refractivity contribution in [1.82, 2.24) is 5.32 Å². The Morgan fingerprint density at radius 1 is 1.29 bits per heavy atom. The van der Waals surface area contributed by atoms with Crippen molar-refractivity contribution in [1.29, 1.82) is 0 Å². The highest BCUT2D eigenvalue weighted by Gasteiger charge is 2.22. The van der Waals surface area contributed by atoms with Gasteiger partial charge in [-0.15, -0.1) is 0 Å². The van der Waals surface area contributed by atoms with Crippen LogP contribution in [0.3, 0.4) is 0 Å². The van der Waals surface area contributed by atoms with Crippen LogP contribution in [-0.4, -0.2) is 17.6 Å². The summed E-state index contributed by atoms with van der Waals surface area (Å²) in [6, 6.07) is 7.53. The van der Waals surface area contributed by atoms with Crippen molar-refractivity contribution in [3.8, 4) is 5.75 Å². The molecule has 0 fully saturated rings. The van der Waals surface area contributed by atoms with Gasteiger partial charge in [-0.25, -0.2) is 0 Å². The first-order valence-electron chi connectivity index (χ1n) is 7.04. The molecule has 0 atom stereocenters. The van der Waals surface area contributed by atoms with Crippen LogP contribution in [0.2, 0.25) is 0 Å². The fourth-order valence-corrected chi connectivity index (χ4v) is 1.60. The molecule has 2 N–H and O–H groups in total. The molecular weight excluding hydrogens is 284 g/mol. The topological polar surface area (TPSA) is 50.4 Å². The van der Waals surface area contributed by atoms with E-state index in [0.717, 1.165) is 11.4 Å². The zero-order valence-electron chi connectivity index (χ0n) is 13.3. The van der Waals surface area contributed by atoms with E-state index in [1.54, 1.807) is 0 Å². The van der Waals surface area contributed by atoms with Crippen LogP contribution >= 0.6 is 12.2 Å². The third-order valence-electron chi connectivity index (χ3n) is 2.62. The van der Waals surface area contributed by atoms with Crippen molar-refractivity contribution < 1.29 is 9.53 Å². The average Bonchev–Trinajstić information content (AvgIpc) is 2.36. The summed E-state index contributed by atoms with van der Waals surface area (Å²) in [5.41, 5.74) is 0.261. The van der Waals surface area contributed by atoms with Gasteiger partial charge in [0, 0.05) is 5.41 Å². The van der Waals surface area contributed by atoms with Crippen LogP contribution in [0.5, 0.6) is 5.75 Å². The van der Waals surface area contributed by atoms with Crippen molar-refractivity contribution in [3.05, 3.63) is 24.3 Å². The van der Waals surface area contributed by atoms with Gasteiger partial charge in [0.2, 0.25) is 5.91 Å². The number of thiocarbonyl (C=S) groups is 1. The molecule has 0 spiro atoms. The molecule has 116 valence electrons. The van der Waals surface area contributed by atoms with Crippen molar-refractivity contribution >= 4 is 28.9 Å². The van der Waals surface area contributed by atoms with E-state index in [9.17, 15) is 4.79 Å². The molecular formula is C16H24N2O2S. The first-order valence-corrected chi connectivity index (χ1v) is 7.45. The Hall–Kier alpha value is -1.62. The van der Waals surface area contributed by atoms with Crippen LogP contribution in [0.1, 0.15) is 34.6 Å². The predicted molar refractivity (Wildman–Crippen MR) is 90.6 cm³/mol. The van der Waals surface area contributed by atoms with Gasteiger partial charge in [0.15, 0.2) is 5.11 Å². The highest BCUT2D eigenvalue weighted by Crippen LogP contribution is 2.24. The lowest BCUT2D eigenvalue weighted by molar-refractivity contribution is -0.126. The summed E-state index contributed by atoms with van der Waals surface area (Å²) < 4.78 is 5.74. The SMILES string of the molecule is CC(C)COc1ccccc1NC(=S)NC(=O)C(C)(C)C. The molecule has 0 bridgehead atoms. The fraction of sp³-hybridized carbons (Fsp3) is 0.500. The standard InChI is InChI=1S/C16H24N2O2S/c1-11(2)10-20-13-9-7-6-8-12(13)17-15(21)18-14(19)16(3,4)5/h6-9,11H,10H2,1-5H3,(H2,17,18,19,21). The molecule has 0 aliphatic rings. The number of rotatable bonds is 4. The summed E-state index contributed by atoms with van der Waals surface area (Å²) in [6.07, 6.45) is 0. The quantitative estimate of drug-likeness (QED) is 0.835. The summed E-state index contributed by atoms with van der Waals surface area (Å²) >= 11 is 5.18. The maximum atomic E-state index is 11.9. The van der Waals surface area contributed by atoms with E-state index in [1.807, 2.05) is 45.0 Å². The number of para-hydroxylation sites is 2. The van der Waals surface area contributed by atoms with Gasteiger partial charge in [0.1, 0.15) is 5.75 Å². The van der Waals surface area contributed by atoms with E-state index in [-0.39, 0.29) is 11.0 Å². The summed E-state index contributed by atoms with van der Waals surface area (Å²) in [5.74, 6) is 1.03. The lowest BCUT2D eigenvalue weighted by Gasteiger charge is -2.19. The lowest BCUT2D eigenvalue weighted by atomic mass is 9.96. The van der Waals surface area contributed by atoms with Crippen LogP contribution in [0, 0.1) is 11.3 Å². The van der Waals surface area contributed by atoms with Crippen molar-refractivity contribution in [3.63, 3.8) is 0 Å². The van der Waals surface area contributed by atoms with Crippen LogP contribution in [0.4, 0.5) is 5.69 Å². The fourth-order valence-electron chi connectivity index (χ4n) is 1.40. The highest BCUT2D eigenvalue weighted by molar-refractivity contribution is 7.80. The van der Waals surface area contributed by atoms with E-state index in [0.29, 0.717) is 12.5 Å². The second kappa shape index (κ2) is 7.41. The Bertz CT molecular complexity index is 507. The van der Waals surface area contributed by atoms with E-state index < -0.39 is 5.41 Å². The molecule has 0 aliphatic heterocycles. The molecule has 0 aromatic heterocycles. The van der Waals surface area contributed by atoms with Gasteiger partial charge >= 0.3 is 0 Å². The number of amides is 1. The normalized spacial score (nSPS) is 11.1. The zero-order valence-corrected chi connectivity index (χ0v) is 14.1. The summed E-state index contributed by atoms with van der Waals surface area (Å²) in [6.45, 7) is 10.3.